The van der Waals surface area contributed by atoms with Gasteiger partial charge in [0.05, 0.1) is 25.4 Å². The molecule has 2 heterocycles. The van der Waals surface area contributed by atoms with E-state index in [-0.39, 0.29) is 18.0 Å². The van der Waals surface area contributed by atoms with Crippen molar-refractivity contribution in [2.24, 2.45) is 0 Å². The van der Waals surface area contributed by atoms with Crippen molar-refractivity contribution in [1.82, 2.24) is 0 Å². The summed E-state index contributed by atoms with van der Waals surface area (Å²) in [5.41, 5.74) is 1.79. The third-order valence-electron chi connectivity index (χ3n) is 3.97. The fourth-order valence-electron chi connectivity index (χ4n) is 2.72. The predicted octanol–water partition coefficient (Wildman–Crippen LogP) is 2.13. The second-order valence-corrected chi connectivity index (χ2v) is 5.59. The van der Waals surface area contributed by atoms with Gasteiger partial charge in [-0.15, -0.1) is 0 Å². The molecule has 0 aromatic heterocycles. The zero-order valence-electron chi connectivity index (χ0n) is 11.0. The standard InChI is InChI=1S/C16H16O4/c17-11-2-1-9-3-10(4-12-7-19-12)16(18)15(14(9)5-11)6-13-8-20-13/h1-3,5,12-13,17-18H,4,6-8H2. The SMILES string of the molecule is Oc1ccc2cc(CC3CO3)c(O)c(CC3CO3)c2c1. The first kappa shape index (κ1) is 12.0. The van der Waals surface area contributed by atoms with Crippen LogP contribution in [0.25, 0.3) is 10.8 Å². The third kappa shape index (κ3) is 2.21. The summed E-state index contributed by atoms with van der Waals surface area (Å²) >= 11 is 0. The highest BCUT2D eigenvalue weighted by Crippen LogP contribution is 2.37. The molecular weight excluding hydrogens is 256 g/mol. The molecule has 0 amide bonds. The maximum Gasteiger partial charge on any atom is 0.122 e. The summed E-state index contributed by atoms with van der Waals surface area (Å²) in [6, 6.07) is 7.26. The normalized spacial score (nSPS) is 24.0. The maximum absolute atomic E-state index is 10.5. The Labute approximate surface area is 116 Å². The van der Waals surface area contributed by atoms with Crippen LogP contribution in [0, 0.1) is 0 Å². The molecule has 2 aliphatic rings. The number of hydrogen-bond donors (Lipinski definition) is 2. The molecular formula is C16H16O4. The van der Waals surface area contributed by atoms with Gasteiger partial charge in [0.25, 0.3) is 0 Å². The number of hydrogen-bond acceptors (Lipinski definition) is 4. The lowest BCUT2D eigenvalue weighted by Gasteiger charge is -2.13. The molecule has 20 heavy (non-hydrogen) atoms. The fourth-order valence-corrected chi connectivity index (χ4v) is 2.72. The minimum absolute atomic E-state index is 0.193. The van der Waals surface area contributed by atoms with E-state index < -0.39 is 0 Å². The van der Waals surface area contributed by atoms with Crippen LogP contribution >= 0.6 is 0 Å². The Hall–Kier alpha value is -1.78. The smallest absolute Gasteiger partial charge is 0.122 e. The van der Waals surface area contributed by atoms with Crippen LogP contribution in [0.4, 0.5) is 0 Å². The summed E-state index contributed by atoms with van der Waals surface area (Å²) in [5.74, 6) is 0.544. The van der Waals surface area contributed by atoms with Gasteiger partial charge in [-0.05, 0) is 34.5 Å². The predicted molar refractivity (Wildman–Crippen MR) is 74.2 cm³/mol. The number of rotatable bonds is 4. The van der Waals surface area contributed by atoms with Crippen LogP contribution in [0.15, 0.2) is 24.3 Å². The molecule has 4 rings (SSSR count). The van der Waals surface area contributed by atoms with Gasteiger partial charge in [0, 0.05) is 18.4 Å². The molecule has 4 nitrogen and oxygen atoms in total. The number of phenolic OH excluding ortho intramolecular Hbond substituents is 2. The van der Waals surface area contributed by atoms with Gasteiger partial charge in [0.2, 0.25) is 0 Å². The van der Waals surface area contributed by atoms with E-state index in [1.165, 1.54) is 0 Å². The summed E-state index contributed by atoms with van der Waals surface area (Å²) in [7, 11) is 0. The summed E-state index contributed by atoms with van der Waals surface area (Å²) in [4.78, 5) is 0. The number of phenols is 2. The van der Waals surface area contributed by atoms with Gasteiger partial charge in [-0.25, -0.2) is 0 Å². The van der Waals surface area contributed by atoms with E-state index in [2.05, 4.69) is 0 Å². The van der Waals surface area contributed by atoms with E-state index in [9.17, 15) is 10.2 Å². The second kappa shape index (κ2) is 4.36. The summed E-state index contributed by atoms with van der Waals surface area (Å²) < 4.78 is 10.5. The van der Waals surface area contributed by atoms with Crippen molar-refractivity contribution in [3.05, 3.63) is 35.4 Å². The highest BCUT2D eigenvalue weighted by molar-refractivity contribution is 5.90. The first-order valence-corrected chi connectivity index (χ1v) is 6.90. The average Bonchev–Trinajstić information content (AvgIpc) is 3.30. The van der Waals surface area contributed by atoms with Gasteiger partial charge in [0.15, 0.2) is 0 Å². The molecule has 4 heteroatoms. The molecule has 2 aromatic carbocycles. The number of ether oxygens (including phenoxy) is 2. The topological polar surface area (TPSA) is 65.5 Å². The van der Waals surface area contributed by atoms with Crippen LogP contribution in [0.2, 0.25) is 0 Å². The van der Waals surface area contributed by atoms with Crippen LogP contribution in [-0.4, -0.2) is 35.6 Å². The van der Waals surface area contributed by atoms with Crippen LogP contribution < -0.4 is 0 Å². The average molecular weight is 272 g/mol. The zero-order chi connectivity index (χ0) is 13.7. The molecule has 104 valence electrons. The van der Waals surface area contributed by atoms with Gasteiger partial charge >= 0.3 is 0 Å². The highest BCUT2D eigenvalue weighted by Gasteiger charge is 2.28. The van der Waals surface area contributed by atoms with Crippen molar-refractivity contribution in [3.8, 4) is 11.5 Å². The lowest BCUT2D eigenvalue weighted by Crippen LogP contribution is -2.00. The Morgan fingerprint density at radius 3 is 2.40 bits per heavy atom. The molecule has 2 saturated heterocycles. The second-order valence-electron chi connectivity index (χ2n) is 5.59. The molecule has 0 bridgehead atoms. The summed E-state index contributed by atoms with van der Waals surface area (Å²) in [6.45, 7) is 1.52. The van der Waals surface area contributed by atoms with E-state index in [1.54, 1.807) is 12.1 Å². The Balaban J connectivity index is 1.86. The number of benzene rings is 2. The molecule has 0 radical (unpaired) electrons. The Morgan fingerprint density at radius 1 is 1.00 bits per heavy atom. The van der Waals surface area contributed by atoms with Crippen molar-refractivity contribution < 1.29 is 19.7 Å². The van der Waals surface area contributed by atoms with Crippen LogP contribution in [-0.2, 0) is 22.3 Å². The van der Waals surface area contributed by atoms with Gasteiger partial charge < -0.3 is 19.7 Å². The van der Waals surface area contributed by atoms with E-state index in [4.69, 9.17) is 9.47 Å². The molecule has 2 unspecified atom stereocenters. The Morgan fingerprint density at radius 2 is 1.70 bits per heavy atom. The first-order chi connectivity index (χ1) is 9.70. The Bertz CT molecular complexity index is 672. The van der Waals surface area contributed by atoms with Crippen LogP contribution in [0.5, 0.6) is 11.5 Å². The fraction of sp³-hybridized carbons (Fsp3) is 0.375. The molecule has 0 spiro atoms. The third-order valence-corrected chi connectivity index (χ3v) is 3.97. The van der Waals surface area contributed by atoms with Gasteiger partial charge in [-0.3, -0.25) is 0 Å². The highest BCUT2D eigenvalue weighted by atomic mass is 16.6. The van der Waals surface area contributed by atoms with Crippen molar-refractivity contribution in [2.75, 3.05) is 13.2 Å². The van der Waals surface area contributed by atoms with Crippen molar-refractivity contribution in [1.29, 1.82) is 0 Å². The molecule has 0 aliphatic carbocycles. The molecule has 0 saturated carbocycles. The lowest BCUT2D eigenvalue weighted by atomic mass is 9.94. The summed E-state index contributed by atoms with van der Waals surface area (Å²) in [6.07, 6.45) is 1.85. The molecule has 2 N–H and O–H groups in total. The van der Waals surface area contributed by atoms with E-state index in [0.29, 0.717) is 12.2 Å². The number of epoxide rings is 2. The van der Waals surface area contributed by atoms with Crippen LogP contribution in [0.1, 0.15) is 11.1 Å². The quantitative estimate of drug-likeness (QED) is 0.837. The summed E-state index contributed by atoms with van der Waals surface area (Å²) in [5, 5.41) is 22.2. The van der Waals surface area contributed by atoms with Crippen molar-refractivity contribution in [3.63, 3.8) is 0 Å². The van der Waals surface area contributed by atoms with E-state index in [1.807, 2.05) is 12.1 Å². The minimum atomic E-state index is 0.193. The van der Waals surface area contributed by atoms with E-state index >= 15 is 0 Å². The van der Waals surface area contributed by atoms with Crippen LogP contribution in [0.3, 0.4) is 0 Å². The van der Waals surface area contributed by atoms with Gasteiger partial charge in [-0.1, -0.05) is 6.07 Å². The number of aromatic hydroxyl groups is 2. The Kier molecular flexibility index (Phi) is 2.62. The largest absolute Gasteiger partial charge is 0.508 e. The zero-order valence-corrected chi connectivity index (χ0v) is 11.0. The molecule has 2 atom stereocenters. The van der Waals surface area contributed by atoms with Crippen molar-refractivity contribution >= 4 is 10.8 Å². The first-order valence-electron chi connectivity index (χ1n) is 6.90. The minimum Gasteiger partial charge on any atom is -0.508 e. The van der Waals surface area contributed by atoms with Gasteiger partial charge in [-0.2, -0.15) is 0 Å². The monoisotopic (exact) mass is 272 g/mol. The molecule has 2 aromatic rings. The molecule has 2 aliphatic heterocycles. The lowest BCUT2D eigenvalue weighted by molar-refractivity contribution is 0.395. The molecule has 2 fully saturated rings. The number of fused-ring (bicyclic) bond motifs is 1. The van der Waals surface area contributed by atoms with Crippen molar-refractivity contribution in [2.45, 2.75) is 25.0 Å². The van der Waals surface area contributed by atoms with Gasteiger partial charge in [0.1, 0.15) is 11.5 Å². The maximum atomic E-state index is 10.5. The van der Waals surface area contributed by atoms with E-state index in [0.717, 1.165) is 41.5 Å².